The zero-order valence-electron chi connectivity index (χ0n) is 12.4. The van der Waals surface area contributed by atoms with Gasteiger partial charge in [0.2, 0.25) is 0 Å². The number of hydrogen-bond acceptors (Lipinski definition) is 1. The Morgan fingerprint density at radius 2 is 1.57 bits per heavy atom. The van der Waals surface area contributed by atoms with Crippen molar-refractivity contribution in [1.29, 1.82) is 0 Å². The first-order valence-corrected chi connectivity index (χ1v) is 7.72. The van der Waals surface area contributed by atoms with Crippen molar-refractivity contribution in [2.75, 3.05) is 0 Å². The molecule has 0 N–H and O–H groups in total. The molecule has 1 aliphatic heterocycles. The summed E-state index contributed by atoms with van der Waals surface area (Å²) in [6, 6.07) is 21.1. The minimum absolute atomic E-state index is 0.174. The third kappa shape index (κ3) is 3.83. The van der Waals surface area contributed by atoms with E-state index in [0.29, 0.717) is 0 Å². The quantitative estimate of drug-likeness (QED) is 0.707. The fourth-order valence-electron chi connectivity index (χ4n) is 3.00. The summed E-state index contributed by atoms with van der Waals surface area (Å²) in [5.74, 6) is 0. The maximum atomic E-state index is 6.30. The molecule has 21 heavy (non-hydrogen) atoms. The monoisotopic (exact) mass is 278 g/mol. The second-order valence-electron chi connectivity index (χ2n) is 5.84. The molecule has 108 valence electrons. The lowest BCUT2D eigenvalue weighted by molar-refractivity contribution is -0.0361. The number of aryl methyl sites for hydroxylation is 1. The first-order valence-electron chi connectivity index (χ1n) is 7.72. The molecule has 0 aromatic heterocycles. The lowest BCUT2D eigenvalue weighted by Gasteiger charge is -2.32. The number of rotatable bonds is 4. The predicted octanol–water partition coefficient (Wildman–Crippen LogP) is 5.10. The van der Waals surface area contributed by atoms with E-state index in [-0.39, 0.29) is 12.2 Å². The lowest BCUT2D eigenvalue weighted by Crippen LogP contribution is -2.24. The van der Waals surface area contributed by atoms with E-state index in [1.807, 2.05) is 6.07 Å². The molecule has 0 amide bonds. The minimum atomic E-state index is 0.174. The van der Waals surface area contributed by atoms with Gasteiger partial charge in [0.15, 0.2) is 0 Å². The van der Waals surface area contributed by atoms with Crippen LogP contribution in [0.15, 0.2) is 72.8 Å². The van der Waals surface area contributed by atoms with Gasteiger partial charge in [-0.2, -0.15) is 0 Å². The molecule has 0 aliphatic carbocycles. The van der Waals surface area contributed by atoms with Crippen molar-refractivity contribution >= 4 is 0 Å². The molecule has 0 unspecified atom stereocenters. The molecule has 1 heteroatoms. The van der Waals surface area contributed by atoms with Gasteiger partial charge in [0.25, 0.3) is 0 Å². The Balaban J connectivity index is 1.62. The summed E-state index contributed by atoms with van der Waals surface area (Å²) in [6.45, 7) is 4.22. The van der Waals surface area contributed by atoms with Gasteiger partial charge in [-0.15, -0.1) is 0 Å². The summed E-state index contributed by atoms with van der Waals surface area (Å²) < 4.78 is 6.30. The zero-order valence-corrected chi connectivity index (χ0v) is 12.4. The molecule has 2 aromatic rings. The highest BCUT2D eigenvalue weighted by atomic mass is 16.5. The van der Waals surface area contributed by atoms with E-state index in [2.05, 4.69) is 61.2 Å². The average molecular weight is 278 g/mol. The highest BCUT2D eigenvalue weighted by Crippen LogP contribution is 2.35. The summed E-state index contributed by atoms with van der Waals surface area (Å²) in [6.07, 6.45) is 4.54. The normalized spacial score (nSPS) is 22.2. The van der Waals surface area contributed by atoms with Crippen LogP contribution in [0.25, 0.3) is 0 Å². The maximum Gasteiger partial charge on any atom is 0.0865 e. The third-order valence-corrected chi connectivity index (χ3v) is 4.12. The van der Waals surface area contributed by atoms with Crippen LogP contribution in [0, 0.1) is 0 Å². The van der Waals surface area contributed by atoms with Gasteiger partial charge >= 0.3 is 0 Å². The summed E-state index contributed by atoms with van der Waals surface area (Å²) in [5.41, 5.74) is 3.96. The molecule has 0 saturated carbocycles. The highest BCUT2D eigenvalue weighted by molar-refractivity contribution is 5.21. The molecule has 1 nitrogen and oxygen atoms in total. The topological polar surface area (TPSA) is 9.23 Å². The first kappa shape index (κ1) is 14.1. The Kier molecular flexibility index (Phi) is 4.52. The van der Waals surface area contributed by atoms with Gasteiger partial charge in [-0.25, -0.2) is 0 Å². The van der Waals surface area contributed by atoms with E-state index in [1.165, 1.54) is 16.7 Å². The highest BCUT2D eigenvalue weighted by Gasteiger charge is 2.25. The molecule has 0 bridgehead atoms. The molecule has 2 atom stereocenters. The van der Waals surface area contributed by atoms with Crippen LogP contribution in [-0.4, -0.2) is 6.10 Å². The van der Waals surface area contributed by atoms with Crippen LogP contribution in [0.2, 0.25) is 0 Å². The van der Waals surface area contributed by atoms with Gasteiger partial charge in [0, 0.05) is 0 Å². The van der Waals surface area contributed by atoms with E-state index < -0.39 is 0 Å². The number of ether oxygens (including phenoxy) is 1. The van der Waals surface area contributed by atoms with Crippen molar-refractivity contribution in [3.63, 3.8) is 0 Å². The van der Waals surface area contributed by atoms with Crippen LogP contribution < -0.4 is 0 Å². The maximum absolute atomic E-state index is 6.30. The van der Waals surface area contributed by atoms with E-state index in [9.17, 15) is 0 Å². The summed E-state index contributed by atoms with van der Waals surface area (Å²) in [7, 11) is 0. The third-order valence-electron chi connectivity index (χ3n) is 4.12. The Bertz CT molecular complexity index is 573. The lowest BCUT2D eigenvalue weighted by atomic mass is 9.92. The van der Waals surface area contributed by atoms with Crippen molar-refractivity contribution in [3.05, 3.63) is 83.9 Å². The molecule has 1 heterocycles. The summed E-state index contributed by atoms with van der Waals surface area (Å²) in [4.78, 5) is 0. The van der Waals surface area contributed by atoms with Gasteiger partial charge < -0.3 is 4.74 Å². The molecule has 1 fully saturated rings. The van der Waals surface area contributed by atoms with Crippen LogP contribution >= 0.6 is 0 Å². The molecular formula is C20H22O. The van der Waals surface area contributed by atoms with Gasteiger partial charge in [-0.1, -0.05) is 72.8 Å². The Hall–Kier alpha value is -1.86. The van der Waals surface area contributed by atoms with Crippen molar-refractivity contribution in [1.82, 2.24) is 0 Å². The van der Waals surface area contributed by atoms with Crippen molar-refractivity contribution < 1.29 is 4.74 Å². The van der Waals surface area contributed by atoms with E-state index in [0.717, 1.165) is 25.7 Å². The molecule has 1 saturated heterocycles. The molecule has 0 radical (unpaired) electrons. The van der Waals surface area contributed by atoms with E-state index >= 15 is 0 Å². The van der Waals surface area contributed by atoms with E-state index in [1.54, 1.807) is 0 Å². The molecule has 0 spiro atoms. The van der Waals surface area contributed by atoms with Crippen LogP contribution in [0.3, 0.4) is 0 Å². The zero-order chi connectivity index (χ0) is 14.5. The Labute approximate surface area is 127 Å². The minimum Gasteiger partial charge on any atom is -0.370 e. The van der Waals surface area contributed by atoms with Crippen LogP contribution in [0.5, 0.6) is 0 Å². The van der Waals surface area contributed by atoms with Crippen molar-refractivity contribution in [3.8, 4) is 0 Å². The Morgan fingerprint density at radius 3 is 2.29 bits per heavy atom. The SMILES string of the molecule is C=C1C[C@@H](CCc2ccccc2)O[C@@H](c2ccccc2)C1. The second kappa shape index (κ2) is 6.73. The largest absolute Gasteiger partial charge is 0.370 e. The predicted molar refractivity (Wildman–Crippen MR) is 87.2 cm³/mol. The first-order chi connectivity index (χ1) is 10.3. The summed E-state index contributed by atoms with van der Waals surface area (Å²) in [5, 5.41) is 0. The molecule has 1 aliphatic rings. The fourth-order valence-corrected chi connectivity index (χ4v) is 3.00. The molecule has 2 aromatic carbocycles. The van der Waals surface area contributed by atoms with Crippen molar-refractivity contribution in [2.45, 2.75) is 37.9 Å². The van der Waals surface area contributed by atoms with Crippen LogP contribution in [0.4, 0.5) is 0 Å². The van der Waals surface area contributed by atoms with Gasteiger partial charge in [-0.05, 0) is 36.8 Å². The summed E-state index contributed by atoms with van der Waals surface area (Å²) >= 11 is 0. The Morgan fingerprint density at radius 1 is 0.905 bits per heavy atom. The fraction of sp³-hybridized carbons (Fsp3) is 0.300. The van der Waals surface area contributed by atoms with Crippen LogP contribution in [-0.2, 0) is 11.2 Å². The molecule has 3 rings (SSSR count). The number of hydrogen-bond donors (Lipinski definition) is 0. The van der Waals surface area contributed by atoms with Gasteiger partial charge in [-0.3, -0.25) is 0 Å². The van der Waals surface area contributed by atoms with Gasteiger partial charge in [0.05, 0.1) is 12.2 Å². The van der Waals surface area contributed by atoms with Crippen molar-refractivity contribution in [2.24, 2.45) is 0 Å². The average Bonchev–Trinajstić information content (AvgIpc) is 2.54. The number of benzene rings is 2. The standard InChI is InChI=1S/C20H22O/c1-16-14-19(13-12-17-8-4-2-5-9-17)21-20(15-16)18-10-6-3-7-11-18/h2-11,19-20H,1,12-15H2/t19-,20-/m1/s1. The van der Waals surface area contributed by atoms with Crippen LogP contribution in [0.1, 0.15) is 36.5 Å². The second-order valence-corrected chi connectivity index (χ2v) is 5.84. The molecular weight excluding hydrogens is 256 g/mol. The smallest absolute Gasteiger partial charge is 0.0865 e. The van der Waals surface area contributed by atoms with Gasteiger partial charge in [0.1, 0.15) is 0 Å². The van der Waals surface area contributed by atoms with E-state index in [4.69, 9.17) is 4.74 Å².